The fourth-order valence-corrected chi connectivity index (χ4v) is 0.214. The van der Waals surface area contributed by atoms with Crippen molar-refractivity contribution in [2.24, 2.45) is 0 Å². The van der Waals surface area contributed by atoms with Crippen LogP contribution in [0.2, 0.25) is 0 Å². The van der Waals surface area contributed by atoms with Crippen LogP contribution < -0.4 is 0 Å². The molecule has 0 aromatic carbocycles. The second kappa shape index (κ2) is 3.01. The highest BCUT2D eigenvalue weighted by Gasteiger charge is 2.00. The van der Waals surface area contributed by atoms with E-state index in [0.717, 1.165) is 0 Å². The molecular formula is C4H6O4. The van der Waals surface area contributed by atoms with Crippen molar-refractivity contribution in [3.05, 3.63) is 0 Å². The van der Waals surface area contributed by atoms with E-state index in [-0.39, 0.29) is 12.8 Å². The molecule has 0 aliphatic rings. The SMILES string of the molecule is O=C(O)[13CH2][13CH2]C(=O)O. The van der Waals surface area contributed by atoms with Crippen molar-refractivity contribution < 1.29 is 19.8 Å². The molecule has 46 valence electrons. The van der Waals surface area contributed by atoms with Crippen LogP contribution in [0.25, 0.3) is 0 Å². The lowest BCUT2D eigenvalue weighted by atomic mass is 10.9. The average molecular weight is 120 g/mol. The van der Waals surface area contributed by atoms with E-state index in [4.69, 9.17) is 10.2 Å². The number of carboxylic acid groups (broad SMARTS) is 2. The van der Waals surface area contributed by atoms with Gasteiger partial charge >= 0.3 is 11.9 Å². The molecule has 0 atom stereocenters. The first-order chi connectivity index (χ1) is 3.63. The Labute approximate surface area is 45.7 Å². The number of carboxylic acids is 2. The fourth-order valence-electron chi connectivity index (χ4n) is 0.214. The summed E-state index contributed by atoms with van der Waals surface area (Å²) in [5, 5.41) is 15.8. The van der Waals surface area contributed by atoms with Crippen LogP contribution in [-0.2, 0) is 9.59 Å². The highest BCUT2D eigenvalue weighted by Crippen LogP contribution is 1.85. The maximum Gasteiger partial charge on any atom is 0.303 e. The third kappa shape index (κ3) is 4.94. The number of carbonyl (C=O) groups is 2. The standard InChI is InChI=1S/C4H6O4/c5-3(6)1-2-4(7)8/h1-2H2,(H,5,6)(H,7,8)/i1+1,2+1. The molecule has 0 aliphatic carbocycles. The van der Waals surface area contributed by atoms with E-state index in [1.165, 1.54) is 0 Å². The van der Waals surface area contributed by atoms with Crippen molar-refractivity contribution in [3.8, 4) is 0 Å². The molecule has 0 saturated heterocycles. The lowest BCUT2D eigenvalue weighted by Crippen LogP contribution is -2.00. The Morgan fingerprint density at radius 1 is 1.00 bits per heavy atom. The molecule has 0 rings (SSSR count). The van der Waals surface area contributed by atoms with Crippen LogP contribution in [0.15, 0.2) is 0 Å². The highest BCUT2D eigenvalue weighted by molar-refractivity contribution is 5.75. The monoisotopic (exact) mass is 120 g/mol. The van der Waals surface area contributed by atoms with Gasteiger partial charge in [-0.05, 0) is 0 Å². The van der Waals surface area contributed by atoms with Gasteiger partial charge < -0.3 is 10.2 Å². The molecule has 0 aromatic heterocycles. The summed E-state index contributed by atoms with van der Waals surface area (Å²) in [6.07, 6.45) is -0.593. The summed E-state index contributed by atoms with van der Waals surface area (Å²) in [6.45, 7) is 0. The van der Waals surface area contributed by atoms with Crippen LogP contribution in [0.1, 0.15) is 12.8 Å². The van der Waals surface area contributed by atoms with Crippen LogP contribution in [0.4, 0.5) is 0 Å². The smallest absolute Gasteiger partial charge is 0.303 e. The first-order valence-corrected chi connectivity index (χ1v) is 2.06. The van der Waals surface area contributed by atoms with Crippen molar-refractivity contribution in [1.82, 2.24) is 0 Å². The van der Waals surface area contributed by atoms with Gasteiger partial charge in [-0.25, -0.2) is 0 Å². The molecule has 2 N–H and O–H groups in total. The Morgan fingerprint density at radius 2 is 1.25 bits per heavy atom. The van der Waals surface area contributed by atoms with Gasteiger partial charge in [-0.3, -0.25) is 9.59 Å². The van der Waals surface area contributed by atoms with Gasteiger partial charge in [0.05, 0.1) is 12.8 Å². The molecular weight excluding hydrogens is 114 g/mol. The first kappa shape index (κ1) is 6.94. The van der Waals surface area contributed by atoms with Crippen molar-refractivity contribution in [1.29, 1.82) is 0 Å². The van der Waals surface area contributed by atoms with E-state index in [1.54, 1.807) is 0 Å². The summed E-state index contributed by atoms with van der Waals surface area (Å²) < 4.78 is 0. The predicted molar refractivity (Wildman–Crippen MR) is 24.5 cm³/mol. The van der Waals surface area contributed by atoms with E-state index in [2.05, 4.69) is 0 Å². The number of hydrogen-bond acceptors (Lipinski definition) is 2. The van der Waals surface area contributed by atoms with E-state index < -0.39 is 11.9 Å². The van der Waals surface area contributed by atoms with Crippen molar-refractivity contribution in [2.75, 3.05) is 0 Å². The maximum atomic E-state index is 9.64. The minimum Gasteiger partial charge on any atom is -0.481 e. The number of aliphatic carboxylic acids is 2. The van der Waals surface area contributed by atoms with E-state index in [0.29, 0.717) is 0 Å². The van der Waals surface area contributed by atoms with Crippen LogP contribution in [0, 0.1) is 0 Å². The number of hydrogen-bond donors (Lipinski definition) is 2. The molecule has 8 heavy (non-hydrogen) atoms. The van der Waals surface area contributed by atoms with Crippen LogP contribution in [-0.4, -0.2) is 22.2 Å². The Bertz CT molecular complexity index is 92.6. The molecule has 0 fully saturated rings. The number of rotatable bonds is 3. The van der Waals surface area contributed by atoms with Gasteiger partial charge in [0.1, 0.15) is 0 Å². The lowest BCUT2D eigenvalue weighted by Gasteiger charge is -1.85. The zero-order valence-corrected chi connectivity index (χ0v) is 4.13. The molecule has 0 unspecified atom stereocenters. The van der Waals surface area contributed by atoms with Gasteiger partial charge in [0.2, 0.25) is 0 Å². The van der Waals surface area contributed by atoms with Crippen LogP contribution in [0.5, 0.6) is 0 Å². The minimum absolute atomic E-state index is 0.296. The van der Waals surface area contributed by atoms with Gasteiger partial charge in [-0.1, -0.05) is 0 Å². The molecule has 0 aliphatic heterocycles. The maximum absolute atomic E-state index is 9.64. The molecule has 0 heterocycles. The topological polar surface area (TPSA) is 74.6 Å². The fraction of sp³-hybridized carbons (Fsp3) is 0.500. The molecule has 0 saturated carbocycles. The third-order valence-electron chi connectivity index (χ3n) is 0.553. The Hall–Kier alpha value is -1.06. The predicted octanol–water partition coefficient (Wildman–Crippen LogP) is -0.0642. The quantitative estimate of drug-likeness (QED) is 0.511. The largest absolute Gasteiger partial charge is 0.481 e. The Kier molecular flexibility index (Phi) is 2.61. The molecule has 4 heteroatoms. The van der Waals surface area contributed by atoms with Gasteiger partial charge in [-0.15, -0.1) is 0 Å². The zero-order valence-electron chi connectivity index (χ0n) is 4.13. The third-order valence-corrected chi connectivity index (χ3v) is 0.553. The van der Waals surface area contributed by atoms with Gasteiger partial charge in [0, 0.05) is 0 Å². The summed E-state index contributed by atoms with van der Waals surface area (Å²) in [5.74, 6) is -2.15. The summed E-state index contributed by atoms with van der Waals surface area (Å²) >= 11 is 0. The van der Waals surface area contributed by atoms with E-state index in [9.17, 15) is 9.59 Å². The second-order valence-corrected chi connectivity index (χ2v) is 1.29. The molecule has 0 bridgehead atoms. The zero-order chi connectivity index (χ0) is 6.57. The molecule has 0 radical (unpaired) electrons. The lowest BCUT2D eigenvalue weighted by molar-refractivity contribution is -0.143. The second-order valence-electron chi connectivity index (χ2n) is 1.29. The van der Waals surface area contributed by atoms with Crippen molar-refractivity contribution in [2.45, 2.75) is 12.8 Å². The highest BCUT2D eigenvalue weighted by atomic mass is 16.4. The van der Waals surface area contributed by atoms with Crippen molar-refractivity contribution >= 4 is 11.9 Å². The van der Waals surface area contributed by atoms with Crippen LogP contribution in [0.3, 0.4) is 0 Å². The Balaban J connectivity index is 3.18. The first-order valence-electron chi connectivity index (χ1n) is 2.06. The van der Waals surface area contributed by atoms with Gasteiger partial charge in [0.25, 0.3) is 0 Å². The van der Waals surface area contributed by atoms with Crippen LogP contribution >= 0.6 is 0 Å². The minimum atomic E-state index is -1.08. The van der Waals surface area contributed by atoms with Crippen molar-refractivity contribution in [3.63, 3.8) is 0 Å². The summed E-state index contributed by atoms with van der Waals surface area (Å²) in [4.78, 5) is 19.3. The normalized spacial score (nSPS) is 8.50. The summed E-state index contributed by atoms with van der Waals surface area (Å²) in [5.41, 5.74) is 0. The molecule has 4 nitrogen and oxygen atoms in total. The van der Waals surface area contributed by atoms with Gasteiger partial charge in [0.15, 0.2) is 0 Å². The molecule has 0 amide bonds. The molecule has 0 spiro atoms. The molecule has 0 aromatic rings. The van der Waals surface area contributed by atoms with E-state index in [1.807, 2.05) is 0 Å². The summed E-state index contributed by atoms with van der Waals surface area (Å²) in [7, 11) is 0. The van der Waals surface area contributed by atoms with Gasteiger partial charge in [-0.2, -0.15) is 0 Å². The Morgan fingerprint density at radius 3 is 1.38 bits per heavy atom. The average Bonchev–Trinajstić information content (AvgIpc) is 1.61. The summed E-state index contributed by atoms with van der Waals surface area (Å²) in [6, 6.07) is 0. The van der Waals surface area contributed by atoms with E-state index >= 15 is 0 Å².